The number of rotatable bonds is 2. The molecule has 0 spiro atoms. The zero-order chi connectivity index (χ0) is 14.2. The van der Waals surface area contributed by atoms with Gasteiger partial charge in [0.2, 0.25) is 0 Å². The molecule has 0 atom stereocenters. The van der Waals surface area contributed by atoms with Gasteiger partial charge in [0.1, 0.15) is 10.9 Å². The number of hydrogen-bond acceptors (Lipinski definition) is 3. The monoisotopic (exact) mass is 388 g/mol. The molecule has 1 heterocycles. The molecule has 0 saturated heterocycles. The lowest BCUT2D eigenvalue weighted by Crippen LogP contribution is -2.00. The number of phenolic OH excluding ortho intramolecular Hbond substituents is 1. The molecule has 19 heavy (non-hydrogen) atoms. The van der Waals surface area contributed by atoms with Crippen molar-refractivity contribution in [3.8, 4) is 17.1 Å². The normalized spacial score (nSPS) is 10.8. The highest BCUT2D eigenvalue weighted by atomic mass is 127. The molecular formula is C14H14ClIN2O. The second kappa shape index (κ2) is 5.63. The standard InChI is InChI=1S/C14H14ClIN2O/c1-4-10-11(16)13(15)18-14(17-10)9-5-7(2)12(19)8(3)6-9/h5-6,19H,4H2,1-3H3. The van der Waals surface area contributed by atoms with Crippen LogP contribution in [0.5, 0.6) is 5.75 Å². The molecule has 1 N–H and O–H groups in total. The molecule has 0 radical (unpaired) electrons. The lowest BCUT2D eigenvalue weighted by molar-refractivity contribution is 0.467. The summed E-state index contributed by atoms with van der Waals surface area (Å²) in [6.07, 6.45) is 0.809. The third-order valence-corrected chi connectivity index (χ3v) is 4.69. The molecule has 0 aliphatic heterocycles. The van der Waals surface area contributed by atoms with Crippen molar-refractivity contribution >= 4 is 34.2 Å². The minimum absolute atomic E-state index is 0.316. The van der Waals surface area contributed by atoms with E-state index in [0.717, 1.165) is 32.4 Å². The van der Waals surface area contributed by atoms with Crippen molar-refractivity contribution in [2.24, 2.45) is 0 Å². The van der Waals surface area contributed by atoms with Crippen molar-refractivity contribution in [2.75, 3.05) is 0 Å². The summed E-state index contributed by atoms with van der Waals surface area (Å²) in [5.74, 6) is 0.921. The van der Waals surface area contributed by atoms with E-state index in [1.54, 1.807) is 0 Å². The number of nitrogens with zero attached hydrogens (tertiary/aromatic N) is 2. The average molecular weight is 389 g/mol. The summed E-state index contributed by atoms with van der Waals surface area (Å²) >= 11 is 8.31. The summed E-state index contributed by atoms with van der Waals surface area (Å²) in [4.78, 5) is 8.88. The quantitative estimate of drug-likeness (QED) is 0.617. The van der Waals surface area contributed by atoms with Crippen molar-refractivity contribution in [3.63, 3.8) is 0 Å². The molecule has 2 rings (SSSR count). The van der Waals surface area contributed by atoms with E-state index in [2.05, 4.69) is 32.6 Å². The van der Waals surface area contributed by atoms with Gasteiger partial charge in [-0.15, -0.1) is 0 Å². The van der Waals surface area contributed by atoms with E-state index in [4.69, 9.17) is 11.6 Å². The number of phenols is 1. The van der Waals surface area contributed by atoms with Gasteiger partial charge in [0, 0.05) is 5.56 Å². The van der Waals surface area contributed by atoms with Crippen LogP contribution >= 0.6 is 34.2 Å². The summed E-state index contributed by atoms with van der Waals surface area (Å²) in [6, 6.07) is 3.75. The smallest absolute Gasteiger partial charge is 0.161 e. The zero-order valence-electron chi connectivity index (χ0n) is 11.0. The molecule has 1 aromatic heterocycles. The van der Waals surface area contributed by atoms with Crippen molar-refractivity contribution in [1.29, 1.82) is 0 Å². The Labute approximate surface area is 131 Å². The predicted octanol–water partition coefficient (Wildman–Crippen LogP) is 4.29. The van der Waals surface area contributed by atoms with Crippen LogP contribution in [0.2, 0.25) is 5.15 Å². The highest BCUT2D eigenvalue weighted by molar-refractivity contribution is 14.1. The third-order valence-electron chi connectivity index (χ3n) is 2.96. The van der Waals surface area contributed by atoms with Crippen molar-refractivity contribution < 1.29 is 5.11 Å². The Balaban J connectivity index is 2.62. The lowest BCUT2D eigenvalue weighted by atomic mass is 10.1. The van der Waals surface area contributed by atoms with Gasteiger partial charge in [-0.1, -0.05) is 18.5 Å². The zero-order valence-corrected chi connectivity index (χ0v) is 13.9. The van der Waals surface area contributed by atoms with Gasteiger partial charge < -0.3 is 5.11 Å². The second-order valence-electron chi connectivity index (χ2n) is 4.41. The molecule has 0 bridgehead atoms. The minimum atomic E-state index is 0.316. The van der Waals surface area contributed by atoms with Crippen LogP contribution in [0.1, 0.15) is 23.7 Å². The van der Waals surface area contributed by atoms with Crippen LogP contribution in [0.4, 0.5) is 0 Å². The van der Waals surface area contributed by atoms with Crippen LogP contribution in [-0.4, -0.2) is 15.1 Å². The SMILES string of the molecule is CCc1nc(-c2cc(C)c(O)c(C)c2)nc(Cl)c1I. The molecular weight excluding hydrogens is 375 g/mol. The van der Waals surface area contributed by atoms with Gasteiger partial charge in [-0.05, 0) is 66.1 Å². The van der Waals surface area contributed by atoms with Gasteiger partial charge in [-0.3, -0.25) is 0 Å². The largest absolute Gasteiger partial charge is 0.507 e. The number of hydrogen-bond donors (Lipinski definition) is 1. The average Bonchev–Trinajstić information content (AvgIpc) is 2.38. The molecule has 0 saturated carbocycles. The molecule has 5 heteroatoms. The fourth-order valence-corrected chi connectivity index (χ4v) is 2.72. The molecule has 2 aromatic rings. The number of aromatic nitrogens is 2. The van der Waals surface area contributed by atoms with Gasteiger partial charge in [0.05, 0.1) is 9.26 Å². The predicted molar refractivity (Wildman–Crippen MR) is 85.7 cm³/mol. The first-order valence-corrected chi connectivity index (χ1v) is 7.42. The van der Waals surface area contributed by atoms with Crippen LogP contribution in [0, 0.1) is 17.4 Å². The number of benzene rings is 1. The summed E-state index contributed by atoms with van der Waals surface area (Å²) in [5, 5.41) is 10.3. The maximum absolute atomic E-state index is 9.81. The molecule has 0 fully saturated rings. The Hall–Kier alpha value is -0.880. The van der Waals surface area contributed by atoms with Crippen LogP contribution < -0.4 is 0 Å². The highest BCUT2D eigenvalue weighted by Crippen LogP contribution is 2.29. The van der Waals surface area contributed by atoms with E-state index in [-0.39, 0.29) is 0 Å². The maximum atomic E-state index is 9.81. The highest BCUT2D eigenvalue weighted by Gasteiger charge is 2.12. The second-order valence-corrected chi connectivity index (χ2v) is 5.85. The first-order chi connectivity index (χ1) is 8.93. The molecule has 1 aromatic carbocycles. The van der Waals surface area contributed by atoms with E-state index < -0.39 is 0 Å². The Morgan fingerprint density at radius 3 is 2.32 bits per heavy atom. The molecule has 0 amide bonds. The first kappa shape index (κ1) is 14.5. The topological polar surface area (TPSA) is 46.0 Å². The molecule has 0 aliphatic carbocycles. The van der Waals surface area contributed by atoms with Gasteiger partial charge in [0.15, 0.2) is 5.82 Å². The number of aromatic hydroxyl groups is 1. The van der Waals surface area contributed by atoms with E-state index >= 15 is 0 Å². The van der Waals surface area contributed by atoms with Crippen molar-refractivity contribution in [2.45, 2.75) is 27.2 Å². The van der Waals surface area contributed by atoms with Crippen molar-refractivity contribution in [3.05, 3.63) is 37.7 Å². The minimum Gasteiger partial charge on any atom is -0.507 e. The van der Waals surface area contributed by atoms with E-state index in [0.29, 0.717) is 16.7 Å². The van der Waals surface area contributed by atoms with E-state index in [9.17, 15) is 5.11 Å². The van der Waals surface area contributed by atoms with Gasteiger partial charge >= 0.3 is 0 Å². The number of halogens is 2. The fraction of sp³-hybridized carbons (Fsp3) is 0.286. The van der Waals surface area contributed by atoms with Crippen molar-refractivity contribution in [1.82, 2.24) is 9.97 Å². The van der Waals surface area contributed by atoms with Crippen LogP contribution in [0.25, 0.3) is 11.4 Å². The van der Waals surface area contributed by atoms with Gasteiger partial charge in [-0.25, -0.2) is 9.97 Å². The Morgan fingerprint density at radius 2 is 1.79 bits per heavy atom. The van der Waals surface area contributed by atoms with Crippen LogP contribution in [0.3, 0.4) is 0 Å². The van der Waals surface area contributed by atoms with Gasteiger partial charge in [0.25, 0.3) is 0 Å². The summed E-state index contributed by atoms with van der Waals surface area (Å²) in [7, 11) is 0. The lowest BCUT2D eigenvalue weighted by Gasteiger charge is -2.09. The molecule has 100 valence electrons. The number of aryl methyl sites for hydroxylation is 3. The Kier molecular flexibility index (Phi) is 4.30. The van der Waals surface area contributed by atoms with E-state index in [1.165, 1.54) is 0 Å². The van der Waals surface area contributed by atoms with Gasteiger partial charge in [-0.2, -0.15) is 0 Å². The van der Waals surface area contributed by atoms with E-state index in [1.807, 2.05) is 32.9 Å². The molecule has 0 unspecified atom stereocenters. The summed E-state index contributed by atoms with van der Waals surface area (Å²) in [6.45, 7) is 5.76. The molecule has 3 nitrogen and oxygen atoms in total. The molecule has 0 aliphatic rings. The fourth-order valence-electron chi connectivity index (χ4n) is 1.91. The maximum Gasteiger partial charge on any atom is 0.161 e. The third kappa shape index (κ3) is 2.84. The van der Waals surface area contributed by atoms with Crippen LogP contribution in [-0.2, 0) is 6.42 Å². The first-order valence-electron chi connectivity index (χ1n) is 5.96. The Bertz CT molecular complexity index is 621. The summed E-state index contributed by atoms with van der Waals surface area (Å²) < 4.78 is 0.901. The van der Waals surface area contributed by atoms with Crippen LogP contribution in [0.15, 0.2) is 12.1 Å². The summed E-state index contributed by atoms with van der Waals surface area (Å²) in [5.41, 5.74) is 3.44. The Morgan fingerprint density at radius 1 is 1.21 bits per heavy atom.